The summed E-state index contributed by atoms with van der Waals surface area (Å²) in [6, 6.07) is 4.56. The largest absolute Gasteiger partial charge is 0.497 e. The van der Waals surface area contributed by atoms with E-state index in [0.29, 0.717) is 22.9 Å². The fourth-order valence-corrected chi connectivity index (χ4v) is 4.92. The summed E-state index contributed by atoms with van der Waals surface area (Å²) in [7, 11) is -2.54. The molecule has 1 aliphatic rings. The Balaban J connectivity index is 1.71. The van der Waals surface area contributed by atoms with Crippen molar-refractivity contribution in [3.05, 3.63) is 42.0 Å². The number of aryl methyl sites for hydroxylation is 1. The van der Waals surface area contributed by atoms with Crippen LogP contribution in [0, 0.1) is 6.92 Å². The predicted molar refractivity (Wildman–Crippen MR) is 131 cm³/mol. The van der Waals surface area contributed by atoms with Crippen molar-refractivity contribution in [1.29, 1.82) is 0 Å². The minimum Gasteiger partial charge on any atom is -0.497 e. The molecule has 2 aromatic heterocycles. The van der Waals surface area contributed by atoms with Gasteiger partial charge in [0.1, 0.15) is 29.5 Å². The van der Waals surface area contributed by atoms with E-state index in [1.807, 2.05) is 20.8 Å². The number of hydrogen-bond donors (Lipinski definition) is 2. The Morgan fingerprint density at radius 2 is 1.94 bits per heavy atom. The lowest BCUT2D eigenvalue weighted by Gasteiger charge is -2.26. The SMILES string of the molecule is COc1ccc2c(c1)-c1nnc(NS(=O)(=O)C(C)C(OC(C)C)c3ncc(C)cn3)n1[C@H](CO)CO2. The first kappa shape index (κ1) is 25.8. The monoisotopic (exact) mass is 518 g/mol. The van der Waals surface area contributed by atoms with Crippen LogP contribution in [0.1, 0.15) is 44.3 Å². The maximum Gasteiger partial charge on any atom is 0.240 e. The number of nitrogens with zero attached hydrogens (tertiary/aromatic N) is 5. The summed E-state index contributed by atoms with van der Waals surface area (Å²) in [5.41, 5.74) is 1.40. The lowest BCUT2D eigenvalue weighted by atomic mass is 10.1. The van der Waals surface area contributed by atoms with E-state index in [-0.39, 0.29) is 31.1 Å². The van der Waals surface area contributed by atoms with Crippen molar-refractivity contribution < 1.29 is 27.7 Å². The molecule has 194 valence electrons. The Labute approximate surface area is 209 Å². The van der Waals surface area contributed by atoms with Crippen molar-refractivity contribution in [2.45, 2.75) is 51.2 Å². The van der Waals surface area contributed by atoms with Crippen LogP contribution in [-0.4, -0.2) is 69.9 Å². The number of rotatable bonds is 9. The first-order chi connectivity index (χ1) is 17.1. The summed E-state index contributed by atoms with van der Waals surface area (Å²) in [6.45, 7) is 6.74. The number of fused-ring (bicyclic) bond motifs is 3. The molecule has 0 fully saturated rings. The number of benzene rings is 1. The van der Waals surface area contributed by atoms with Crippen LogP contribution in [-0.2, 0) is 14.8 Å². The normalized spacial score (nSPS) is 16.9. The van der Waals surface area contributed by atoms with Gasteiger partial charge < -0.3 is 19.3 Å². The second-order valence-corrected chi connectivity index (χ2v) is 10.8. The Kier molecular flexibility index (Phi) is 7.43. The quantitative estimate of drug-likeness (QED) is 0.432. The van der Waals surface area contributed by atoms with Crippen LogP contribution in [0.5, 0.6) is 11.5 Å². The summed E-state index contributed by atoms with van der Waals surface area (Å²) >= 11 is 0. The zero-order valence-electron chi connectivity index (χ0n) is 20.7. The second-order valence-electron chi connectivity index (χ2n) is 8.80. The molecule has 0 saturated carbocycles. The number of sulfonamides is 1. The van der Waals surface area contributed by atoms with E-state index in [0.717, 1.165) is 5.56 Å². The van der Waals surface area contributed by atoms with E-state index in [2.05, 4.69) is 24.9 Å². The number of ether oxygens (including phenoxy) is 3. The van der Waals surface area contributed by atoms with Crippen molar-refractivity contribution in [2.75, 3.05) is 25.0 Å². The van der Waals surface area contributed by atoms with Gasteiger partial charge in [0, 0.05) is 12.4 Å². The maximum atomic E-state index is 13.5. The molecular formula is C23H30N6O6S. The summed E-state index contributed by atoms with van der Waals surface area (Å²) < 4.78 is 48.2. The lowest BCUT2D eigenvalue weighted by molar-refractivity contribution is 0.00152. The average molecular weight is 519 g/mol. The van der Waals surface area contributed by atoms with Gasteiger partial charge in [0.25, 0.3) is 0 Å². The van der Waals surface area contributed by atoms with Gasteiger partial charge in [-0.25, -0.2) is 18.4 Å². The van der Waals surface area contributed by atoms with E-state index < -0.39 is 27.4 Å². The van der Waals surface area contributed by atoms with Crippen LogP contribution in [0.4, 0.5) is 5.95 Å². The third-order valence-corrected chi connectivity index (χ3v) is 7.45. The van der Waals surface area contributed by atoms with Gasteiger partial charge in [-0.05, 0) is 51.5 Å². The number of aliphatic hydroxyl groups excluding tert-OH is 1. The molecule has 4 rings (SSSR count). The van der Waals surface area contributed by atoms with Crippen LogP contribution in [0.2, 0.25) is 0 Å². The van der Waals surface area contributed by atoms with Crippen LogP contribution in [0.25, 0.3) is 11.4 Å². The van der Waals surface area contributed by atoms with Crippen molar-refractivity contribution >= 4 is 16.0 Å². The molecule has 2 N–H and O–H groups in total. The molecule has 12 nitrogen and oxygen atoms in total. The van der Waals surface area contributed by atoms with Gasteiger partial charge in [0.05, 0.1) is 31.4 Å². The predicted octanol–water partition coefficient (Wildman–Crippen LogP) is 2.27. The molecule has 0 saturated heterocycles. The highest BCUT2D eigenvalue weighted by Crippen LogP contribution is 2.38. The van der Waals surface area contributed by atoms with E-state index in [1.54, 1.807) is 30.6 Å². The fourth-order valence-electron chi connectivity index (χ4n) is 3.83. The Bertz CT molecular complexity index is 1310. The molecule has 1 aliphatic heterocycles. The topological polar surface area (TPSA) is 151 Å². The fraction of sp³-hybridized carbons (Fsp3) is 0.478. The number of hydrogen-bond acceptors (Lipinski definition) is 10. The van der Waals surface area contributed by atoms with Gasteiger partial charge in [-0.3, -0.25) is 9.29 Å². The lowest BCUT2D eigenvalue weighted by Crippen LogP contribution is -2.35. The molecule has 0 amide bonds. The Morgan fingerprint density at radius 3 is 2.58 bits per heavy atom. The summed E-state index contributed by atoms with van der Waals surface area (Å²) in [6.07, 6.45) is 2.02. The third-order valence-electron chi connectivity index (χ3n) is 5.75. The number of methoxy groups -OCH3 is 1. The summed E-state index contributed by atoms with van der Waals surface area (Å²) in [5.74, 6) is 1.63. The zero-order valence-corrected chi connectivity index (χ0v) is 21.6. The first-order valence-corrected chi connectivity index (χ1v) is 13.0. The van der Waals surface area contributed by atoms with Gasteiger partial charge >= 0.3 is 0 Å². The molecule has 0 bridgehead atoms. The first-order valence-electron chi connectivity index (χ1n) is 11.5. The molecule has 0 spiro atoms. The highest BCUT2D eigenvalue weighted by molar-refractivity contribution is 7.93. The Morgan fingerprint density at radius 1 is 1.22 bits per heavy atom. The van der Waals surface area contributed by atoms with E-state index in [9.17, 15) is 13.5 Å². The van der Waals surface area contributed by atoms with Gasteiger partial charge in [0.2, 0.25) is 16.0 Å². The minimum absolute atomic E-state index is 0.0525. The number of aliphatic hydroxyl groups is 1. The van der Waals surface area contributed by atoms with Crippen molar-refractivity contribution in [1.82, 2.24) is 24.7 Å². The molecule has 3 aromatic rings. The van der Waals surface area contributed by atoms with E-state index in [4.69, 9.17) is 14.2 Å². The van der Waals surface area contributed by atoms with Crippen LogP contribution in [0.3, 0.4) is 0 Å². The third kappa shape index (κ3) is 5.13. The molecule has 0 aliphatic carbocycles. The van der Waals surface area contributed by atoms with Crippen molar-refractivity contribution in [2.24, 2.45) is 0 Å². The van der Waals surface area contributed by atoms with Gasteiger partial charge in [0.15, 0.2) is 11.6 Å². The van der Waals surface area contributed by atoms with E-state index in [1.165, 1.54) is 18.6 Å². The Hall–Kier alpha value is -3.29. The maximum absolute atomic E-state index is 13.5. The molecule has 13 heteroatoms. The summed E-state index contributed by atoms with van der Waals surface area (Å²) in [5, 5.41) is 17.3. The van der Waals surface area contributed by atoms with Gasteiger partial charge in [-0.15, -0.1) is 10.2 Å². The molecular weight excluding hydrogens is 488 g/mol. The molecule has 1 aromatic carbocycles. The molecule has 3 atom stereocenters. The van der Waals surface area contributed by atoms with Crippen LogP contribution < -0.4 is 14.2 Å². The smallest absolute Gasteiger partial charge is 0.240 e. The van der Waals surface area contributed by atoms with Crippen LogP contribution >= 0.6 is 0 Å². The number of anilines is 1. The molecule has 3 heterocycles. The highest BCUT2D eigenvalue weighted by Gasteiger charge is 2.36. The van der Waals surface area contributed by atoms with Gasteiger partial charge in [-0.1, -0.05) is 0 Å². The van der Waals surface area contributed by atoms with E-state index >= 15 is 0 Å². The van der Waals surface area contributed by atoms with Crippen LogP contribution in [0.15, 0.2) is 30.6 Å². The highest BCUT2D eigenvalue weighted by atomic mass is 32.2. The number of nitrogens with one attached hydrogen (secondary N) is 1. The van der Waals surface area contributed by atoms with Crippen molar-refractivity contribution in [3.8, 4) is 22.9 Å². The second kappa shape index (κ2) is 10.4. The number of aromatic nitrogens is 5. The van der Waals surface area contributed by atoms with Gasteiger partial charge in [-0.2, -0.15) is 0 Å². The molecule has 36 heavy (non-hydrogen) atoms. The molecule has 2 unspecified atom stereocenters. The van der Waals surface area contributed by atoms with Crippen molar-refractivity contribution in [3.63, 3.8) is 0 Å². The minimum atomic E-state index is -4.08. The zero-order chi connectivity index (χ0) is 26.0. The molecule has 0 radical (unpaired) electrons. The standard InChI is InChI=1S/C23H30N6O6S/c1-13(2)35-20(21-24-9-14(3)10-25-21)15(4)36(31,32)28-23-27-26-22-18-8-17(33-5)6-7-19(18)34-12-16(11-30)29(22)23/h6-10,13,15-16,20,30H,11-12H2,1-5H3,(H,27,28)/t15?,16-,20?/m1/s1. The average Bonchev–Trinajstić information content (AvgIpc) is 3.17. The summed E-state index contributed by atoms with van der Waals surface area (Å²) in [4.78, 5) is 8.58.